The molecule has 1 aromatic rings. The van der Waals surface area contributed by atoms with Gasteiger partial charge in [-0.25, -0.2) is 4.79 Å². The summed E-state index contributed by atoms with van der Waals surface area (Å²) < 4.78 is 0.915. The highest BCUT2D eigenvalue weighted by atomic mass is 79.9. The van der Waals surface area contributed by atoms with Gasteiger partial charge in [-0.2, -0.15) is 0 Å². The number of carbonyl (C=O) groups excluding carboxylic acids is 1. The largest absolute Gasteiger partial charge is 0.480 e. The summed E-state index contributed by atoms with van der Waals surface area (Å²) in [6.45, 7) is 0. The van der Waals surface area contributed by atoms with Gasteiger partial charge in [-0.05, 0) is 17.7 Å². The molecule has 18 heavy (non-hydrogen) atoms. The first kappa shape index (κ1) is 13.4. The van der Waals surface area contributed by atoms with Gasteiger partial charge in [0.2, 0.25) is 5.91 Å². The number of benzene rings is 1. The van der Waals surface area contributed by atoms with Crippen LogP contribution in [0.1, 0.15) is 5.56 Å². The molecular formula is C12H12BrNO3S. The Bertz CT molecular complexity index is 480. The molecular weight excluding hydrogens is 318 g/mol. The quantitative estimate of drug-likeness (QED) is 0.921. The first-order valence-corrected chi connectivity index (χ1v) is 7.37. The zero-order valence-electron chi connectivity index (χ0n) is 9.51. The zero-order valence-corrected chi connectivity index (χ0v) is 11.9. The first-order valence-electron chi connectivity index (χ1n) is 5.42. The summed E-state index contributed by atoms with van der Waals surface area (Å²) in [5, 5.41) is 9.03. The minimum Gasteiger partial charge on any atom is -0.480 e. The van der Waals surface area contributed by atoms with E-state index in [9.17, 15) is 9.59 Å². The predicted molar refractivity (Wildman–Crippen MR) is 73.4 cm³/mol. The van der Waals surface area contributed by atoms with Crippen LogP contribution in [0, 0.1) is 0 Å². The third kappa shape index (κ3) is 3.05. The number of thioether (sulfide) groups is 1. The second kappa shape index (κ2) is 5.75. The molecule has 6 heteroatoms. The molecule has 1 saturated heterocycles. The van der Waals surface area contributed by atoms with Crippen LogP contribution in [-0.2, 0) is 16.0 Å². The van der Waals surface area contributed by atoms with E-state index in [0.717, 1.165) is 10.0 Å². The molecule has 1 atom stereocenters. The SMILES string of the molecule is O=C(O)[C@@H]1CSCN1C(=O)Cc1cccc(Br)c1. The third-order valence-electron chi connectivity index (χ3n) is 2.73. The Hall–Kier alpha value is -1.01. The number of hydrogen-bond donors (Lipinski definition) is 1. The number of carboxylic acids is 1. The van der Waals surface area contributed by atoms with Gasteiger partial charge in [0.25, 0.3) is 0 Å². The Morgan fingerprint density at radius 2 is 2.28 bits per heavy atom. The van der Waals surface area contributed by atoms with Crippen molar-refractivity contribution in [3.63, 3.8) is 0 Å². The van der Waals surface area contributed by atoms with Crippen molar-refractivity contribution in [2.45, 2.75) is 12.5 Å². The van der Waals surface area contributed by atoms with Crippen LogP contribution in [0.25, 0.3) is 0 Å². The molecule has 1 aliphatic heterocycles. The molecule has 4 nitrogen and oxygen atoms in total. The summed E-state index contributed by atoms with van der Waals surface area (Å²) >= 11 is 4.82. The average molecular weight is 330 g/mol. The Labute approximate surface area is 117 Å². The number of hydrogen-bond acceptors (Lipinski definition) is 3. The lowest BCUT2D eigenvalue weighted by molar-refractivity contribution is -0.147. The third-order valence-corrected chi connectivity index (χ3v) is 4.24. The molecule has 0 spiro atoms. The number of nitrogens with zero attached hydrogens (tertiary/aromatic N) is 1. The molecule has 0 aromatic heterocycles. The van der Waals surface area contributed by atoms with Gasteiger partial charge in [0.1, 0.15) is 6.04 Å². The van der Waals surface area contributed by atoms with Crippen LogP contribution in [0.5, 0.6) is 0 Å². The molecule has 0 unspecified atom stereocenters. The van der Waals surface area contributed by atoms with Gasteiger partial charge in [0, 0.05) is 10.2 Å². The van der Waals surface area contributed by atoms with E-state index in [1.54, 1.807) is 0 Å². The van der Waals surface area contributed by atoms with Gasteiger partial charge in [-0.3, -0.25) is 4.79 Å². The van der Waals surface area contributed by atoms with Gasteiger partial charge < -0.3 is 10.0 Å². The molecule has 1 aromatic carbocycles. The van der Waals surface area contributed by atoms with E-state index in [1.165, 1.54) is 16.7 Å². The Kier molecular flexibility index (Phi) is 4.29. The number of carbonyl (C=O) groups is 2. The van der Waals surface area contributed by atoms with E-state index in [4.69, 9.17) is 5.11 Å². The van der Waals surface area contributed by atoms with E-state index < -0.39 is 12.0 Å². The number of carboxylic acid groups (broad SMARTS) is 1. The maximum atomic E-state index is 12.1. The van der Waals surface area contributed by atoms with Crippen LogP contribution in [0.3, 0.4) is 0 Å². The van der Waals surface area contributed by atoms with E-state index in [-0.39, 0.29) is 12.3 Å². The second-order valence-corrected chi connectivity index (χ2v) is 5.94. The van der Waals surface area contributed by atoms with Crippen molar-refractivity contribution in [1.29, 1.82) is 0 Å². The molecule has 1 aliphatic rings. The van der Waals surface area contributed by atoms with Crippen LogP contribution in [0.4, 0.5) is 0 Å². The van der Waals surface area contributed by atoms with Gasteiger partial charge in [0.15, 0.2) is 0 Å². The Morgan fingerprint density at radius 3 is 2.94 bits per heavy atom. The number of rotatable bonds is 3. The number of aliphatic carboxylic acids is 1. The highest BCUT2D eigenvalue weighted by Gasteiger charge is 2.34. The fraction of sp³-hybridized carbons (Fsp3) is 0.333. The van der Waals surface area contributed by atoms with Crippen molar-refractivity contribution in [2.24, 2.45) is 0 Å². The van der Waals surface area contributed by atoms with E-state index in [1.807, 2.05) is 24.3 Å². The molecule has 0 aliphatic carbocycles. The lowest BCUT2D eigenvalue weighted by Gasteiger charge is -2.20. The minimum absolute atomic E-state index is 0.134. The zero-order chi connectivity index (χ0) is 13.1. The molecule has 0 radical (unpaired) electrons. The van der Waals surface area contributed by atoms with Crippen LogP contribution in [0.15, 0.2) is 28.7 Å². The Morgan fingerprint density at radius 1 is 1.50 bits per heavy atom. The summed E-state index contributed by atoms with van der Waals surface area (Å²) in [7, 11) is 0. The number of amides is 1. The average Bonchev–Trinajstić information content (AvgIpc) is 2.77. The van der Waals surface area contributed by atoms with Gasteiger partial charge in [-0.15, -0.1) is 11.8 Å². The summed E-state index contributed by atoms with van der Waals surface area (Å²) in [4.78, 5) is 24.5. The van der Waals surface area contributed by atoms with Crippen LogP contribution in [0.2, 0.25) is 0 Å². The maximum absolute atomic E-state index is 12.1. The van der Waals surface area contributed by atoms with Crippen molar-refractivity contribution in [1.82, 2.24) is 4.90 Å². The second-order valence-electron chi connectivity index (χ2n) is 4.02. The maximum Gasteiger partial charge on any atom is 0.327 e. The van der Waals surface area contributed by atoms with Crippen molar-refractivity contribution >= 4 is 39.6 Å². The van der Waals surface area contributed by atoms with Gasteiger partial charge >= 0.3 is 5.97 Å². The molecule has 0 saturated carbocycles. The fourth-order valence-electron chi connectivity index (χ4n) is 1.82. The minimum atomic E-state index is -0.928. The molecule has 1 heterocycles. The summed E-state index contributed by atoms with van der Waals surface area (Å²) in [5.41, 5.74) is 0.885. The van der Waals surface area contributed by atoms with Gasteiger partial charge in [0.05, 0.1) is 12.3 Å². The van der Waals surface area contributed by atoms with Crippen molar-refractivity contribution in [3.05, 3.63) is 34.3 Å². The van der Waals surface area contributed by atoms with E-state index in [2.05, 4.69) is 15.9 Å². The van der Waals surface area contributed by atoms with E-state index >= 15 is 0 Å². The molecule has 1 fully saturated rings. The van der Waals surface area contributed by atoms with Crippen molar-refractivity contribution < 1.29 is 14.7 Å². The van der Waals surface area contributed by atoms with Crippen LogP contribution >= 0.6 is 27.7 Å². The molecule has 96 valence electrons. The van der Waals surface area contributed by atoms with E-state index in [0.29, 0.717) is 11.6 Å². The van der Waals surface area contributed by atoms with Crippen LogP contribution in [-0.4, -0.2) is 39.6 Å². The van der Waals surface area contributed by atoms with Crippen molar-refractivity contribution in [2.75, 3.05) is 11.6 Å². The smallest absolute Gasteiger partial charge is 0.327 e. The predicted octanol–water partition coefficient (Wildman–Crippen LogP) is 1.98. The molecule has 2 rings (SSSR count). The fourth-order valence-corrected chi connectivity index (χ4v) is 3.43. The summed E-state index contributed by atoms with van der Waals surface area (Å²) in [6.07, 6.45) is 0.240. The summed E-state index contributed by atoms with van der Waals surface area (Å²) in [6, 6.07) is 6.80. The van der Waals surface area contributed by atoms with Crippen molar-refractivity contribution in [3.8, 4) is 0 Å². The van der Waals surface area contributed by atoms with Gasteiger partial charge in [-0.1, -0.05) is 28.1 Å². The molecule has 1 N–H and O–H groups in total. The Balaban J connectivity index is 2.06. The first-order chi connectivity index (χ1) is 8.58. The number of halogens is 1. The highest BCUT2D eigenvalue weighted by molar-refractivity contribution is 9.10. The lowest BCUT2D eigenvalue weighted by Crippen LogP contribution is -2.42. The lowest BCUT2D eigenvalue weighted by atomic mass is 10.1. The molecule has 0 bridgehead atoms. The summed E-state index contributed by atoms with van der Waals surface area (Å²) in [5.74, 6) is -0.128. The van der Waals surface area contributed by atoms with Crippen LogP contribution < -0.4 is 0 Å². The normalized spacial score (nSPS) is 18.9. The molecule has 1 amide bonds. The topological polar surface area (TPSA) is 57.6 Å². The standard InChI is InChI=1S/C12H12BrNO3S/c13-9-3-1-2-8(4-9)5-11(15)14-7-18-6-10(14)12(16)17/h1-4,10H,5-7H2,(H,16,17)/t10-/m0/s1. The monoisotopic (exact) mass is 329 g/mol. The highest BCUT2D eigenvalue weighted by Crippen LogP contribution is 2.22.